The summed E-state index contributed by atoms with van der Waals surface area (Å²) in [7, 11) is 1.71. The van der Waals surface area contributed by atoms with Crippen molar-refractivity contribution in [3.63, 3.8) is 0 Å². The molecule has 0 spiro atoms. The molecular weight excluding hydrogens is 250 g/mol. The molecule has 4 nitrogen and oxygen atoms in total. The summed E-state index contributed by atoms with van der Waals surface area (Å²) in [6, 6.07) is 6.20. The molecule has 0 bridgehead atoms. The number of aromatic nitrogens is 2. The van der Waals surface area contributed by atoms with Gasteiger partial charge in [0, 0.05) is 17.2 Å². The van der Waals surface area contributed by atoms with Crippen LogP contribution in [-0.4, -0.2) is 17.3 Å². The van der Waals surface area contributed by atoms with Crippen molar-refractivity contribution >= 4 is 5.82 Å². The zero-order valence-electron chi connectivity index (χ0n) is 12.9. The Balaban J connectivity index is 2.72. The highest BCUT2D eigenvalue weighted by molar-refractivity contribution is 5.72. The molecule has 0 aliphatic rings. The molecule has 0 aliphatic heterocycles. The van der Waals surface area contributed by atoms with Gasteiger partial charge in [0.1, 0.15) is 11.6 Å². The molecule has 0 unspecified atom stereocenters. The topological polar surface area (TPSA) is 63.9 Å². The average molecular weight is 273 g/mol. The van der Waals surface area contributed by atoms with Crippen molar-refractivity contribution in [2.24, 2.45) is 0 Å². The number of ether oxygens (including phenoxy) is 1. The van der Waals surface area contributed by atoms with Gasteiger partial charge in [-0.3, -0.25) is 5.10 Å². The normalized spacial score (nSPS) is 11.7. The van der Waals surface area contributed by atoms with Gasteiger partial charge in [-0.1, -0.05) is 33.8 Å². The van der Waals surface area contributed by atoms with Gasteiger partial charge in [-0.2, -0.15) is 5.10 Å². The minimum atomic E-state index is 0.0108. The van der Waals surface area contributed by atoms with Crippen LogP contribution in [-0.2, 0) is 11.8 Å². The van der Waals surface area contributed by atoms with Crippen molar-refractivity contribution in [1.82, 2.24) is 10.2 Å². The Hall–Kier alpha value is -1.97. The first-order valence-corrected chi connectivity index (χ1v) is 6.89. The molecule has 0 radical (unpaired) electrons. The van der Waals surface area contributed by atoms with Crippen LogP contribution in [0.3, 0.4) is 0 Å². The maximum atomic E-state index is 5.72. The van der Waals surface area contributed by atoms with Crippen LogP contribution >= 0.6 is 0 Å². The standard InChI is InChI=1S/C16H23N3O/c1-6-10-7-11(13-9-14(17)19-18-13)15(20-5)12(8-10)16(2,3)4/h7-9H,6H2,1-5H3,(H3,17,18,19). The zero-order chi connectivity index (χ0) is 14.9. The van der Waals surface area contributed by atoms with Gasteiger partial charge in [0.2, 0.25) is 0 Å². The second kappa shape index (κ2) is 5.19. The lowest BCUT2D eigenvalue weighted by molar-refractivity contribution is 0.399. The Labute approximate surface area is 120 Å². The Morgan fingerprint density at radius 2 is 1.95 bits per heavy atom. The summed E-state index contributed by atoms with van der Waals surface area (Å²) in [4.78, 5) is 0. The Bertz CT molecular complexity index is 609. The predicted molar refractivity (Wildman–Crippen MR) is 83.1 cm³/mol. The molecule has 20 heavy (non-hydrogen) atoms. The summed E-state index contributed by atoms with van der Waals surface area (Å²) in [6.45, 7) is 8.72. The number of hydrogen-bond donors (Lipinski definition) is 2. The fraction of sp³-hybridized carbons (Fsp3) is 0.438. The first-order valence-electron chi connectivity index (χ1n) is 6.89. The minimum absolute atomic E-state index is 0.0108. The second-order valence-corrected chi connectivity index (χ2v) is 6.03. The minimum Gasteiger partial charge on any atom is -0.496 e. The number of benzene rings is 1. The molecule has 3 N–H and O–H groups in total. The monoisotopic (exact) mass is 273 g/mol. The Morgan fingerprint density at radius 3 is 2.40 bits per heavy atom. The van der Waals surface area contributed by atoms with Crippen LogP contribution in [0.1, 0.15) is 38.8 Å². The van der Waals surface area contributed by atoms with Gasteiger partial charge in [-0.25, -0.2) is 0 Å². The van der Waals surface area contributed by atoms with E-state index < -0.39 is 0 Å². The number of rotatable bonds is 3. The van der Waals surface area contributed by atoms with E-state index in [0.29, 0.717) is 5.82 Å². The van der Waals surface area contributed by atoms with E-state index in [-0.39, 0.29) is 5.41 Å². The van der Waals surface area contributed by atoms with E-state index in [4.69, 9.17) is 10.5 Å². The molecule has 0 aliphatic carbocycles. The van der Waals surface area contributed by atoms with Crippen LogP contribution in [0.5, 0.6) is 5.75 Å². The Kier molecular flexibility index (Phi) is 3.75. The quantitative estimate of drug-likeness (QED) is 0.899. The Morgan fingerprint density at radius 1 is 1.25 bits per heavy atom. The van der Waals surface area contributed by atoms with Gasteiger partial charge < -0.3 is 10.5 Å². The number of anilines is 1. The van der Waals surface area contributed by atoms with E-state index in [1.54, 1.807) is 7.11 Å². The lowest BCUT2D eigenvalue weighted by atomic mass is 9.83. The van der Waals surface area contributed by atoms with Crippen LogP contribution in [0.2, 0.25) is 0 Å². The SMILES string of the molecule is CCc1cc(-c2cc(N)n[nH]2)c(OC)c(C(C)(C)C)c1. The molecule has 1 aromatic heterocycles. The molecule has 2 aromatic rings. The number of methoxy groups -OCH3 is 1. The third-order valence-electron chi connectivity index (χ3n) is 3.46. The number of nitrogens with one attached hydrogen (secondary N) is 1. The van der Waals surface area contributed by atoms with E-state index in [1.165, 1.54) is 11.1 Å². The molecule has 0 saturated carbocycles. The molecule has 0 saturated heterocycles. The summed E-state index contributed by atoms with van der Waals surface area (Å²) >= 11 is 0. The summed E-state index contributed by atoms with van der Waals surface area (Å²) in [5.74, 6) is 1.37. The summed E-state index contributed by atoms with van der Waals surface area (Å²) in [5, 5.41) is 6.98. The summed E-state index contributed by atoms with van der Waals surface area (Å²) < 4.78 is 5.68. The fourth-order valence-electron chi connectivity index (χ4n) is 2.35. The summed E-state index contributed by atoms with van der Waals surface area (Å²) in [5.41, 5.74) is 10.1. The van der Waals surface area contributed by atoms with Gasteiger partial charge >= 0.3 is 0 Å². The molecular formula is C16H23N3O. The fourth-order valence-corrected chi connectivity index (χ4v) is 2.35. The molecule has 108 valence electrons. The molecule has 0 amide bonds. The molecule has 1 aromatic carbocycles. The molecule has 1 heterocycles. The van der Waals surface area contributed by atoms with E-state index in [9.17, 15) is 0 Å². The zero-order valence-corrected chi connectivity index (χ0v) is 12.9. The molecule has 4 heteroatoms. The second-order valence-electron chi connectivity index (χ2n) is 6.03. The van der Waals surface area contributed by atoms with Crippen molar-refractivity contribution in [1.29, 1.82) is 0 Å². The van der Waals surface area contributed by atoms with Crippen molar-refractivity contribution < 1.29 is 4.74 Å². The first-order chi connectivity index (χ1) is 9.36. The van der Waals surface area contributed by atoms with Crippen LogP contribution < -0.4 is 10.5 Å². The van der Waals surface area contributed by atoms with Crippen molar-refractivity contribution in [2.75, 3.05) is 12.8 Å². The molecule has 0 fully saturated rings. The highest BCUT2D eigenvalue weighted by atomic mass is 16.5. The largest absolute Gasteiger partial charge is 0.496 e. The number of hydrogen-bond acceptors (Lipinski definition) is 3. The maximum absolute atomic E-state index is 5.72. The van der Waals surface area contributed by atoms with Gasteiger partial charge in [-0.05, 0) is 23.5 Å². The van der Waals surface area contributed by atoms with Crippen LogP contribution in [0.4, 0.5) is 5.82 Å². The van der Waals surface area contributed by atoms with Crippen LogP contribution in [0.25, 0.3) is 11.3 Å². The molecule has 0 atom stereocenters. The predicted octanol–water partition coefficient (Wildman–Crippen LogP) is 3.53. The molecule has 2 rings (SSSR count). The van der Waals surface area contributed by atoms with E-state index in [1.807, 2.05) is 6.07 Å². The number of aryl methyl sites for hydroxylation is 1. The van der Waals surface area contributed by atoms with Crippen molar-refractivity contribution in [3.8, 4) is 17.0 Å². The van der Waals surface area contributed by atoms with E-state index in [2.05, 4.69) is 50.0 Å². The van der Waals surface area contributed by atoms with Gasteiger partial charge in [0.25, 0.3) is 0 Å². The number of H-pyrrole nitrogens is 1. The van der Waals surface area contributed by atoms with Crippen LogP contribution in [0, 0.1) is 0 Å². The number of nitrogens with zero attached hydrogens (tertiary/aromatic N) is 1. The highest BCUT2D eigenvalue weighted by Gasteiger charge is 2.23. The third-order valence-corrected chi connectivity index (χ3v) is 3.46. The highest BCUT2D eigenvalue weighted by Crippen LogP contribution is 2.40. The smallest absolute Gasteiger partial charge is 0.145 e. The lowest BCUT2D eigenvalue weighted by Gasteiger charge is -2.25. The number of aromatic amines is 1. The number of nitrogen functional groups attached to an aromatic ring is 1. The van der Waals surface area contributed by atoms with Gasteiger partial charge in [-0.15, -0.1) is 0 Å². The number of nitrogens with two attached hydrogens (primary N) is 1. The van der Waals surface area contributed by atoms with Crippen molar-refractivity contribution in [3.05, 3.63) is 29.3 Å². The average Bonchev–Trinajstić information content (AvgIpc) is 2.82. The lowest BCUT2D eigenvalue weighted by Crippen LogP contribution is -2.14. The van der Waals surface area contributed by atoms with E-state index in [0.717, 1.165) is 23.4 Å². The maximum Gasteiger partial charge on any atom is 0.145 e. The van der Waals surface area contributed by atoms with Crippen LogP contribution in [0.15, 0.2) is 18.2 Å². The van der Waals surface area contributed by atoms with Crippen molar-refractivity contribution in [2.45, 2.75) is 39.5 Å². The van der Waals surface area contributed by atoms with Gasteiger partial charge in [0.15, 0.2) is 0 Å². The first kappa shape index (κ1) is 14.4. The third kappa shape index (κ3) is 2.64. The van der Waals surface area contributed by atoms with E-state index >= 15 is 0 Å². The summed E-state index contributed by atoms with van der Waals surface area (Å²) in [6.07, 6.45) is 0.976. The van der Waals surface area contributed by atoms with Gasteiger partial charge in [0.05, 0.1) is 12.8 Å².